The zero-order valence-electron chi connectivity index (χ0n) is 13.1. The summed E-state index contributed by atoms with van der Waals surface area (Å²) in [5, 5.41) is 8.93. The van der Waals surface area contributed by atoms with Crippen LogP contribution < -0.4 is 4.74 Å². The average molecular weight is 288 g/mol. The van der Waals surface area contributed by atoms with Gasteiger partial charge in [-0.3, -0.25) is 4.79 Å². The number of carboxylic acids is 1. The van der Waals surface area contributed by atoms with Crippen molar-refractivity contribution in [3.63, 3.8) is 0 Å². The second kappa shape index (κ2) is 9.07. The maximum absolute atomic E-state index is 10.9. The van der Waals surface area contributed by atoms with Crippen molar-refractivity contribution in [3.05, 3.63) is 29.8 Å². The topological polar surface area (TPSA) is 46.5 Å². The normalized spacial score (nSPS) is 11.6. The molecule has 1 aromatic carbocycles. The number of rotatable bonds is 8. The van der Waals surface area contributed by atoms with Crippen LogP contribution in [0.1, 0.15) is 51.5 Å². The van der Waals surface area contributed by atoms with Gasteiger partial charge in [-0.2, -0.15) is 0 Å². The Balaban J connectivity index is 2.70. The monoisotopic (exact) mass is 288 g/mol. The fourth-order valence-corrected chi connectivity index (χ4v) is 2.14. The fourth-order valence-electron chi connectivity index (χ4n) is 2.14. The summed E-state index contributed by atoms with van der Waals surface area (Å²) in [7, 11) is 0. The molecule has 114 valence electrons. The highest BCUT2D eigenvalue weighted by molar-refractivity contribution is 5.69. The molecule has 0 saturated carbocycles. The van der Waals surface area contributed by atoms with Gasteiger partial charge in [-0.05, 0) is 30.5 Å². The van der Waals surface area contributed by atoms with Gasteiger partial charge in [0.25, 0.3) is 0 Å². The molecule has 0 fully saturated rings. The number of benzene rings is 1. The molecule has 0 amide bonds. The van der Waals surface area contributed by atoms with Gasteiger partial charge in [0.05, 0.1) is 18.9 Å². The van der Waals surface area contributed by atoms with Crippen molar-refractivity contribution in [1.29, 1.82) is 0 Å². The highest BCUT2D eigenvalue weighted by Gasteiger charge is 2.13. The van der Waals surface area contributed by atoms with Crippen molar-refractivity contribution in [2.45, 2.75) is 46.0 Å². The maximum atomic E-state index is 10.9. The molecule has 0 aromatic heterocycles. The van der Waals surface area contributed by atoms with Crippen molar-refractivity contribution in [2.24, 2.45) is 5.92 Å². The van der Waals surface area contributed by atoms with E-state index in [-0.39, 0.29) is 12.3 Å². The van der Waals surface area contributed by atoms with E-state index < -0.39 is 5.97 Å². The molecule has 0 bridgehead atoms. The standard InChI is InChI=1S/C18H24O3/c1-4-7-16(12-18(19)20)15-8-10-17(11-9-15)21-13-14(5-2)6-3/h8-11,14,16H,5-6,12-13H2,1-3H3,(H,19,20)/t16-/m1/s1. The van der Waals surface area contributed by atoms with E-state index in [1.165, 1.54) is 0 Å². The Labute approximate surface area is 127 Å². The molecule has 0 aliphatic rings. The van der Waals surface area contributed by atoms with Crippen LogP contribution in [-0.2, 0) is 4.79 Å². The minimum absolute atomic E-state index is 0.0226. The predicted molar refractivity (Wildman–Crippen MR) is 84.5 cm³/mol. The molecule has 21 heavy (non-hydrogen) atoms. The Hall–Kier alpha value is -1.95. The summed E-state index contributed by atoms with van der Waals surface area (Å²) >= 11 is 0. The van der Waals surface area contributed by atoms with Gasteiger partial charge in [-0.1, -0.05) is 44.7 Å². The van der Waals surface area contributed by atoms with E-state index >= 15 is 0 Å². The third kappa shape index (κ3) is 5.91. The molecule has 3 nitrogen and oxygen atoms in total. The van der Waals surface area contributed by atoms with Gasteiger partial charge in [-0.15, -0.1) is 5.92 Å². The summed E-state index contributed by atoms with van der Waals surface area (Å²) in [4.78, 5) is 10.9. The first-order valence-corrected chi connectivity index (χ1v) is 7.47. The van der Waals surface area contributed by atoms with E-state index in [0.29, 0.717) is 5.92 Å². The van der Waals surface area contributed by atoms with Gasteiger partial charge in [0.2, 0.25) is 0 Å². The third-order valence-electron chi connectivity index (χ3n) is 3.62. The highest BCUT2D eigenvalue weighted by Crippen LogP contribution is 2.22. The minimum Gasteiger partial charge on any atom is -0.493 e. The van der Waals surface area contributed by atoms with Crippen LogP contribution in [0, 0.1) is 17.8 Å². The molecule has 0 radical (unpaired) electrons. The number of ether oxygens (including phenoxy) is 1. The summed E-state index contributed by atoms with van der Waals surface area (Å²) in [5.74, 6) is 6.05. The van der Waals surface area contributed by atoms with E-state index in [0.717, 1.165) is 30.8 Å². The number of hydrogen-bond acceptors (Lipinski definition) is 2. The van der Waals surface area contributed by atoms with Crippen molar-refractivity contribution in [1.82, 2.24) is 0 Å². The minimum atomic E-state index is -0.836. The number of hydrogen-bond donors (Lipinski definition) is 1. The second-order valence-corrected chi connectivity index (χ2v) is 5.11. The molecule has 3 heteroatoms. The Kier molecular flexibility index (Phi) is 7.39. The van der Waals surface area contributed by atoms with Gasteiger partial charge < -0.3 is 9.84 Å². The summed E-state index contributed by atoms with van der Waals surface area (Å²) < 4.78 is 5.77. The largest absolute Gasteiger partial charge is 0.493 e. The van der Waals surface area contributed by atoms with E-state index in [1.807, 2.05) is 24.3 Å². The summed E-state index contributed by atoms with van der Waals surface area (Å²) in [6.07, 6.45) is 2.25. The van der Waals surface area contributed by atoms with Gasteiger partial charge in [0, 0.05) is 0 Å². The predicted octanol–water partition coefficient (Wildman–Crippen LogP) is 4.08. The Morgan fingerprint density at radius 3 is 2.33 bits per heavy atom. The highest BCUT2D eigenvalue weighted by atomic mass is 16.5. The molecule has 1 aromatic rings. The lowest BCUT2D eigenvalue weighted by Crippen LogP contribution is -2.10. The lowest BCUT2D eigenvalue weighted by atomic mass is 9.96. The first-order chi connectivity index (χ1) is 10.1. The molecule has 0 spiro atoms. The second-order valence-electron chi connectivity index (χ2n) is 5.11. The molecular weight excluding hydrogens is 264 g/mol. The maximum Gasteiger partial charge on any atom is 0.304 e. The van der Waals surface area contributed by atoms with Crippen LogP contribution in [0.2, 0.25) is 0 Å². The molecule has 1 N–H and O–H groups in total. The Bertz CT molecular complexity index is 489. The fraction of sp³-hybridized carbons (Fsp3) is 0.500. The van der Waals surface area contributed by atoms with Crippen LogP contribution in [0.5, 0.6) is 5.75 Å². The van der Waals surface area contributed by atoms with Crippen molar-refractivity contribution in [2.75, 3.05) is 6.61 Å². The number of aliphatic carboxylic acids is 1. The summed E-state index contributed by atoms with van der Waals surface area (Å²) in [5.41, 5.74) is 0.918. The Morgan fingerprint density at radius 2 is 1.86 bits per heavy atom. The molecular formula is C18H24O3. The quantitative estimate of drug-likeness (QED) is 0.733. The zero-order valence-corrected chi connectivity index (χ0v) is 13.1. The molecule has 0 heterocycles. The zero-order chi connectivity index (χ0) is 15.7. The lowest BCUT2D eigenvalue weighted by molar-refractivity contribution is -0.137. The van der Waals surface area contributed by atoms with Crippen LogP contribution in [0.3, 0.4) is 0 Å². The van der Waals surface area contributed by atoms with E-state index in [4.69, 9.17) is 9.84 Å². The third-order valence-corrected chi connectivity index (χ3v) is 3.62. The molecule has 0 aliphatic heterocycles. The van der Waals surface area contributed by atoms with Crippen molar-refractivity contribution >= 4 is 5.97 Å². The van der Waals surface area contributed by atoms with Crippen LogP contribution in [0.4, 0.5) is 0 Å². The average Bonchev–Trinajstić information content (AvgIpc) is 2.48. The van der Waals surface area contributed by atoms with Crippen molar-refractivity contribution in [3.8, 4) is 17.6 Å². The van der Waals surface area contributed by atoms with E-state index in [1.54, 1.807) is 6.92 Å². The molecule has 0 aliphatic carbocycles. The Morgan fingerprint density at radius 1 is 1.24 bits per heavy atom. The van der Waals surface area contributed by atoms with Crippen molar-refractivity contribution < 1.29 is 14.6 Å². The molecule has 1 atom stereocenters. The van der Waals surface area contributed by atoms with Crippen LogP contribution in [-0.4, -0.2) is 17.7 Å². The number of carboxylic acid groups (broad SMARTS) is 1. The smallest absolute Gasteiger partial charge is 0.304 e. The number of carbonyl (C=O) groups is 1. The lowest BCUT2D eigenvalue weighted by Gasteiger charge is -2.14. The summed E-state index contributed by atoms with van der Waals surface area (Å²) in [6, 6.07) is 7.59. The first kappa shape index (κ1) is 17.1. The summed E-state index contributed by atoms with van der Waals surface area (Å²) in [6.45, 7) is 6.78. The van der Waals surface area contributed by atoms with Gasteiger partial charge >= 0.3 is 5.97 Å². The molecule has 0 saturated heterocycles. The van der Waals surface area contributed by atoms with Crippen LogP contribution in [0.25, 0.3) is 0 Å². The van der Waals surface area contributed by atoms with Gasteiger partial charge in [0.1, 0.15) is 5.75 Å². The SMILES string of the molecule is CC#C[C@H](CC(=O)O)c1ccc(OCC(CC)CC)cc1. The van der Waals surface area contributed by atoms with Crippen LogP contribution in [0.15, 0.2) is 24.3 Å². The van der Waals surface area contributed by atoms with Gasteiger partial charge in [0.15, 0.2) is 0 Å². The van der Waals surface area contributed by atoms with E-state index in [2.05, 4.69) is 25.7 Å². The van der Waals surface area contributed by atoms with Gasteiger partial charge in [-0.25, -0.2) is 0 Å². The molecule has 1 rings (SSSR count). The van der Waals surface area contributed by atoms with E-state index in [9.17, 15) is 4.79 Å². The molecule has 0 unspecified atom stereocenters. The first-order valence-electron chi connectivity index (χ1n) is 7.47. The van der Waals surface area contributed by atoms with Crippen LogP contribution >= 0.6 is 0 Å².